The second-order valence-electron chi connectivity index (χ2n) is 6.00. The number of benzene rings is 2. The van der Waals surface area contributed by atoms with Gasteiger partial charge in [-0.25, -0.2) is 12.8 Å². The molecule has 0 saturated carbocycles. The first kappa shape index (κ1) is 17.5. The van der Waals surface area contributed by atoms with Gasteiger partial charge >= 0.3 is 11.3 Å². The van der Waals surface area contributed by atoms with Crippen LogP contribution in [0.15, 0.2) is 62.9 Å². The summed E-state index contributed by atoms with van der Waals surface area (Å²) in [6, 6.07) is 11.3. The van der Waals surface area contributed by atoms with Crippen LogP contribution in [0.3, 0.4) is 0 Å². The standard InChI is InChI=1S/C19H12Cl2O4S/c20-11-5-7-13-16(9-11)25-17-10-12(21)6-8-14(17)19(13)15-3-1-2-4-18(15)26(22,23)24/h1-7,9H,8,10H2. The molecule has 1 heterocycles. The zero-order valence-corrected chi connectivity index (χ0v) is 15.7. The van der Waals surface area contributed by atoms with E-state index in [4.69, 9.17) is 27.6 Å². The lowest BCUT2D eigenvalue weighted by atomic mass is 9.90. The maximum Gasteiger partial charge on any atom is 0.362 e. The molecule has 0 N–H and O–H groups in total. The molecule has 7 heteroatoms. The van der Waals surface area contributed by atoms with Crippen LogP contribution >= 0.6 is 23.2 Å². The number of allylic oxidation sites excluding steroid dienone is 2. The quantitative estimate of drug-likeness (QED) is 0.435. The van der Waals surface area contributed by atoms with Crippen molar-refractivity contribution in [3.8, 4) is 11.1 Å². The van der Waals surface area contributed by atoms with Gasteiger partial charge in [-0.05, 0) is 18.2 Å². The molecule has 1 aliphatic carbocycles. The predicted octanol–water partition coefficient (Wildman–Crippen LogP) is 5.16. The van der Waals surface area contributed by atoms with Crippen LogP contribution in [0.25, 0.3) is 22.1 Å². The smallest absolute Gasteiger partial charge is 0.362 e. The Morgan fingerprint density at radius 3 is 2.62 bits per heavy atom. The third-order valence-electron chi connectivity index (χ3n) is 4.37. The molecule has 0 saturated heterocycles. The van der Waals surface area contributed by atoms with E-state index in [1.165, 1.54) is 12.1 Å². The zero-order chi connectivity index (χ0) is 18.5. The lowest BCUT2D eigenvalue weighted by Crippen LogP contribution is -2.06. The van der Waals surface area contributed by atoms with Crippen LogP contribution in [0.5, 0.6) is 0 Å². The molecule has 2 aromatic carbocycles. The summed E-state index contributed by atoms with van der Waals surface area (Å²) in [6.07, 6.45) is 2.75. The first-order valence-corrected chi connectivity index (χ1v) is 9.98. The Balaban J connectivity index is 2.15. The van der Waals surface area contributed by atoms with Crippen LogP contribution in [-0.2, 0) is 23.0 Å². The highest BCUT2D eigenvalue weighted by Crippen LogP contribution is 2.41. The van der Waals surface area contributed by atoms with Gasteiger partial charge in [0, 0.05) is 22.6 Å². The SMILES string of the molecule is O=S(=O)([O-])c1ccccc1-c1c2c([o+]c3cc(Cl)ccc13)CC(Cl)=CC2. The van der Waals surface area contributed by atoms with Gasteiger partial charge in [0.25, 0.3) is 0 Å². The van der Waals surface area contributed by atoms with Crippen molar-refractivity contribution in [3.63, 3.8) is 0 Å². The Morgan fingerprint density at radius 2 is 1.85 bits per heavy atom. The van der Waals surface area contributed by atoms with Gasteiger partial charge in [0.15, 0.2) is 0 Å². The van der Waals surface area contributed by atoms with Gasteiger partial charge in [-0.1, -0.05) is 47.5 Å². The molecule has 0 radical (unpaired) electrons. The van der Waals surface area contributed by atoms with Gasteiger partial charge in [0.05, 0.1) is 33.4 Å². The highest BCUT2D eigenvalue weighted by molar-refractivity contribution is 7.85. The molecule has 0 aliphatic heterocycles. The summed E-state index contributed by atoms with van der Waals surface area (Å²) in [5.41, 5.74) is 2.35. The van der Waals surface area contributed by atoms with E-state index in [1.807, 2.05) is 6.08 Å². The van der Waals surface area contributed by atoms with Gasteiger partial charge in [0.2, 0.25) is 0 Å². The minimum Gasteiger partial charge on any atom is -0.744 e. The second-order valence-corrected chi connectivity index (χ2v) is 8.27. The lowest BCUT2D eigenvalue weighted by Gasteiger charge is -2.17. The monoisotopic (exact) mass is 406 g/mol. The Morgan fingerprint density at radius 1 is 1.08 bits per heavy atom. The minimum atomic E-state index is -4.64. The predicted molar refractivity (Wildman–Crippen MR) is 100 cm³/mol. The lowest BCUT2D eigenvalue weighted by molar-refractivity contribution is 0.463. The van der Waals surface area contributed by atoms with Crippen molar-refractivity contribution in [1.29, 1.82) is 0 Å². The molecule has 4 rings (SSSR count). The molecule has 3 aromatic rings. The van der Waals surface area contributed by atoms with Crippen molar-refractivity contribution in [3.05, 3.63) is 69.9 Å². The van der Waals surface area contributed by atoms with Gasteiger partial charge in [-0.3, -0.25) is 0 Å². The summed E-state index contributed by atoms with van der Waals surface area (Å²) in [7, 11) is -4.64. The number of fused-ring (bicyclic) bond motifs is 2. The van der Waals surface area contributed by atoms with Crippen LogP contribution in [0.4, 0.5) is 0 Å². The Labute approximate surface area is 160 Å². The zero-order valence-electron chi connectivity index (χ0n) is 13.3. The first-order chi connectivity index (χ1) is 12.3. The highest BCUT2D eigenvalue weighted by Gasteiger charge is 2.30. The van der Waals surface area contributed by atoms with Crippen molar-refractivity contribution in [2.75, 3.05) is 0 Å². The maximum atomic E-state index is 11.8. The van der Waals surface area contributed by atoms with E-state index in [0.717, 1.165) is 5.56 Å². The Hall–Kier alpha value is -1.92. The first-order valence-electron chi connectivity index (χ1n) is 7.81. The minimum absolute atomic E-state index is 0.259. The van der Waals surface area contributed by atoms with E-state index in [9.17, 15) is 13.0 Å². The van der Waals surface area contributed by atoms with Crippen molar-refractivity contribution in [2.24, 2.45) is 0 Å². The molecule has 0 fully saturated rings. The molecular weight excluding hydrogens is 395 g/mol. The third kappa shape index (κ3) is 3.01. The van der Waals surface area contributed by atoms with Crippen molar-refractivity contribution in [2.45, 2.75) is 17.7 Å². The van der Waals surface area contributed by atoms with Gasteiger partial charge in [-0.15, -0.1) is 0 Å². The molecule has 0 atom stereocenters. The second kappa shape index (κ2) is 6.35. The summed E-state index contributed by atoms with van der Waals surface area (Å²) in [4.78, 5) is -0.259. The van der Waals surface area contributed by atoms with E-state index in [0.29, 0.717) is 50.8 Å². The largest absolute Gasteiger partial charge is 0.744 e. The third-order valence-corrected chi connectivity index (χ3v) is 5.79. The van der Waals surface area contributed by atoms with E-state index in [-0.39, 0.29) is 4.90 Å². The highest BCUT2D eigenvalue weighted by atomic mass is 35.5. The Kier molecular flexibility index (Phi) is 4.28. The van der Waals surface area contributed by atoms with E-state index < -0.39 is 10.1 Å². The van der Waals surface area contributed by atoms with E-state index in [1.54, 1.807) is 30.3 Å². The summed E-state index contributed by atoms with van der Waals surface area (Å²) >= 11 is 12.2. The van der Waals surface area contributed by atoms with Crippen LogP contribution in [0.2, 0.25) is 5.02 Å². The number of halogens is 2. The molecule has 1 aliphatic rings. The fourth-order valence-corrected chi connectivity index (χ4v) is 4.32. The topological polar surface area (TPSA) is 68.5 Å². The van der Waals surface area contributed by atoms with Crippen LogP contribution in [0, 0.1) is 0 Å². The summed E-state index contributed by atoms with van der Waals surface area (Å²) < 4.78 is 41.4. The number of hydrogen-bond donors (Lipinski definition) is 0. The van der Waals surface area contributed by atoms with E-state index >= 15 is 0 Å². The average Bonchev–Trinajstić information content (AvgIpc) is 2.58. The molecular formula is C19H12Cl2O4S. The van der Waals surface area contributed by atoms with Gasteiger partial charge in [-0.2, -0.15) is 0 Å². The molecule has 0 spiro atoms. The van der Waals surface area contributed by atoms with Gasteiger partial charge in [0.1, 0.15) is 10.1 Å². The van der Waals surface area contributed by atoms with Crippen LogP contribution in [-0.4, -0.2) is 13.0 Å². The Bertz CT molecular complexity index is 1180. The van der Waals surface area contributed by atoms with Crippen molar-refractivity contribution < 1.29 is 17.4 Å². The van der Waals surface area contributed by atoms with Crippen LogP contribution in [0.1, 0.15) is 11.3 Å². The molecule has 1 aromatic heterocycles. The summed E-state index contributed by atoms with van der Waals surface area (Å²) in [5.74, 6) is 0.639. The normalized spacial score (nSPS) is 14.2. The summed E-state index contributed by atoms with van der Waals surface area (Å²) in [6.45, 7) is 0. The molecule has 132 valence electrons. The fourth-order valence-electron chi connectivity index (χ4n) is 3.28. The molecule has 26 heavy (non-hydrogen) atoms. The maximum absolute atomic E-state index is 11.8. The molecule has 0 bridgehead atoms. The van der Waals surface area contributed by atoms with Crippen molar-refractivity contribution in [1.82, 2.24) is 0 Å². The molecule has 0 unspecified atom stereocenters. The number of hydrogen-bond acceptors (Lipinski definition) is 3. The number of rotatable bonds is 2. The average molecular weight is 407 g/mol. The van der Waals surface area contributed by atoms with Gasteiger partial charge < -0.3 is 4.55 Å². The van der Waals surface area contributed by atoms with Crippen LogP contribution < -0.4 is 0 Å². The molecule has 0 amide bonds. The van der Waals surface area contributed by atoms with Crippen molar-refractivity contribution >= 4 is 44.3 Å². The molecule has 4 nitrogen and oxygen atoms in total. The fraction of sp³-hybridized carbons (Fsp3) is 0.105. The summed E-state index contributed by atoms with van der Waals surface area (Å²) in [5, 5.41) is 1.84. The van der Waals surface area contributed by atoms with E-state index in [2.05, 4.69) is 0 Å².